The molecule has 0 N–H and O–H groups in total. The summed E-state index contributed by atoms with van der Waals surface area (Å²) in [5.74, 6) is 1.28. The molecule has 0 radical (unpaired) electrons. The summed E-state index contributed by atoms with van der Waals surface area (Å²) in [5.41, 5.74) is 3.47. The second-order valence-corrected chi connectivity index (χ2v) is 11.6. The van der Waals surface area contributed by atoms with E-state index in [9.17, 15) is 8.78 Å². The van der Waals surface area contributed by atoms with Crippen LogP contribution in [-0.2, 0) is 0 Å². The number of hydrogen-bond donors (Lipinski definition) is 0. The minimum absolute atomic E-state index is 0.214. The second-order valence-electron chi connectivity index (χ2n) is 11.6. The van der Waals surface area contributed by atoms with Crippen molar-refractivity contribution in [3.05, 3.63) is 83.2 Å². The molecule has 196 valence electrons. The molecule has 0 nitrogen and oxygen atoms in total. The van der Waals surface area contributed by atoms with Crippen molar-refractivity contribution in [2.45, 2.75) is 84.0 Å². The van der Waals surface area contributed by atoms with Crippen LogP contribution in [-0.4, -0.2) is 0 Å². The Morgan fingerprint density at radius 1 is 0.649 bits per heavy atom. The molecule has 0 unspecified atom stereocenters. The quantitative estimate of drug-likeness (QED) is 0.313. The Bertz CT molecular complexity index is 1200. The van der Waals surface area contributed by atoms with Gasteiger partial charge in [-0.1, -0.05) is 81.1 Å². The molecule has 0 heterocycles. The summed E-state index contributed by atoms with van der Waals surface area (Å²) in [5, 5.41) is 0. The van der Waals surface area contributed by atoms with Crippen LogP contribution in [0.25, 0.3) is 22.3 Å². The van der Waals surface area contributed by atoms with E-state index >= 15 is 4.39 Å². The van der Waals surface area contributed by atoms with Gasteiger partial charge in [0.1, 0.15) is 5.82 Å². The van der Waals surface area contributed by atoms with Crippen LogP contribution in [0.2, 0.25) is 0 Å². The smallest absolute Gasteiger partial charge is 0.166 e. The number of hydrogen-bond acceptors (Lipinski definition) is 0. The lowest BCUT2D eigenvalue weighted by atomic mass is 9.68. The standard InChI is InChI=1S/C34H39F3/c1-3-4-23-6-8-24(9-7-23)25-10-12-26(13-11-25)29-18-20-30(32(35)21-29)27-14-16-28(17-15-27)31-19-5-22(2)33(36)34(31)37/h5,14-21,23-26H,3-4,6-13H2,1-2H3. The van der Waals surface area contributed by atoms with Crippen LogP contribution >= 0.6 is 0 Å². The summed E-state index contributed by atoms with van der Waals surface area (Å²) in [4.78, 5) is 0. The molecule has 0 bridgehead atoms. The highest BCUT2D eigenvalue weighted by Gasteiger charge is 2.31. The monoisotopic (exact) mass is 504 g/mol. The molecule has 3 heteroatoms. The summed E-state index contributed by atoms with van der Waals surface area (Å²) in [7, 11) is 0. The van der Waals surface area contributed by atoms with Gasteiger partial charge in [0, 0.05) is 11.1 Å². The zero-order chi connectivity index (χ0) is 25.9. The first-order valence-electron chi connectivity index (χ1n) is 14.3. The van der Waals surface area contributed by atoms with Crippen LogP contribution in [0.1, 0.15) is 88.2 Å². The second kappa shape index (κ2) is 11.5. The molecule has 0 aliphatic heterocycles. The number of benzene rings is 3. The summed E-state index contributed by atoms with van der Waals surface area (Å²) in [6, 6.07) is 15.9. The Morgan fingerprint density at radius 3 is 1.81 bits per heavy atom. The summed E-state index contributed by atoms with van der Waals surface area (Å²) >= 11 is 0. The molecule has 2 aliphatic carbocycles. The molecule has 2 aliphatic rings. The van der Waals surface area contributed by atoms with Crippen molar-refractivity contribution in [1.82, 2.24) is 0 Å². The van der Waals surface area contributed by atoms with Crippen LogP contribution in [0.4, 0.5) is 13.2 Å². The molecule has 0 atom stereocenters. The van der Waals surface area contributed by atoms with Crippen molar-refractivity contribution in [2.24, 2.45) is 17.8 Å². The highest BCUT2D eigenvalue weighted by molar-refractivity contribution is 5.71. The largest absolute Gasteiger partial charge is 0.206 e. The predicted molar refractivity (Wildman–Crippen MR) is 147 cm³/mol. The Balaban J connectivity index is 1.22. The molecule has 2 fully saturated rings. The molecular weight excluding hydrogens is 465 g/mol. The molecule has 2 saturated carbocycles. The SMILES string of the molecule is CCCC1CCC(C2CCC(c3ccc(-c4ccc(-c5ccc(C)c(F)c5F)cc4)c(F)c3)CC2)CC1. The molecule has 0 aromatic heterocycles. The maximum Gasteiger partial charge on any atom is 0.166 e. The maximum absolute atomic E-state index is 15.2. The van der Waals surface area contributed by atoms with Gasteiger partial charge in [-0.05, 0) is 97.4 Å². The summed E-state index contributed by atoms with van der Waals surface area (Å²) in [6.45, 7) is 3.85. The van der Waals surface area contributed by atoms with Gasteiger partial charge >= 0.3 is 0 Å². The minimum atomic E-state index is -0.845. The third-order valence-corrected chi connectivity index (χ3v) is 9.27. The Labute approximate surface area is 220 Å². The van der Waals surface area contributed by atoms with Crippen molar-refractivity contribution >= 4 is 0 Å². The number of halogens is 3. The lowest BCUT2D eigenvalue weighted by Gasteiger charge is -2.38. The predicted octanol–water partition coefficient (Wildman–Crippen LogP) is 10.6. The lowest BCUT2D eigenvalue weighted by molar-refractivity contribution is 0.156. The summed E-state index contributed by atoms with van der Waals surface area (Å²) in [6.07, 6.45) is 13.2. The molecular formula is C34H39F3. The van der Waals surface area contributed by atoms with Gasteiger partial charge in [0.15, 0.2) is 11.6 Å². The van der Waals surface area contributed by atoms with Gasteiger partial charge in [0.25, 0.3) is 0 Å². The lowest BCUT2D eigenvalue weighted by Crippen LogP contribution is -2.25. The average Bonchev–Trinajstić information content (AvgIpc) is 2.93. The minimum Gasteiger partial charge on any atom is -0.206 e. The molecule has 5 rings (SSSR count). The fourth-order valence-electron chi connectivity index (χ4n) is 7.00. The van der Waals surface area contributed by atoms with Gasteiger partial charge in [0.05, 0.1) is 0 Å². The molecule has 0 spiro atoms. The van der Waals surface area contributed by atoms with Gasteiger partial charge in [0.2, 0.25) is 0 Å². The highest BCUT2D eigenvalue weighted by Crippen LogP contribution is 2.45. The first kappa shape index (κ1) is 26.1. The van der Waals surface area contributed by atoms with Crippen LogP contribution in [0.5, 0.6) is 0 Å². The van der Waals surface area contributed by atoms with E-state index < -0.39 is 11.6 Å². The summed E-state index contributed by atoms with van der Waals surface area (Å²) < 4.78 is 43.6. The third-order valence-electron chi connectivity index (χ3n) is 9.27. The zero-order valence-corrected chi connectivity index (χ0v) is 22.2. The van der Waals surface area contributed by atoms with Crippen molar-refractivity contribution in [2.75, 3.05) is 0 Å². The van der Waals surface area contributed by atoms with E-state index in [2.05, 4.69) is 13.0 Å². The van der Waals surface area contributed by atoms with Crippen molar-refractivity contribution in [1.29, 1.82) is 0 Å². The molecule has 37 heavy (non-hydrogen) atoms. The Morgan fingerprint density at radius 2 is 1.22 bits per heavy atom. The number of aryl methyl sites for hydroxylation is 1. The van der Waals surface area contributed by atoms with Crippen LogP contribution in [0.3, 0.4) is 0 Å². The van der Waals surface area contributed by atoms with E-state index in [4.69, 9.17) is 0 Å². The molecule has 0 saturated heterocycles. The third kappa shape index (κ3) is 5.66. The Kier molecular flexibility index (Phi) is 8.07. The van der Waals surface area contributed by atoms with E-state index in [0.29, 0.717) is 17.0 Å². The van der Waals surface area contributed by atoms with Gasteiger partial charge in [-0.2, -0.15) is 0 Å². The highest BCUT2D eigenvalue weighted by atomic mass is 19.2. The van der Waals surface area contributed by atoms with Gasteiger partial charge in [-0.25, -0.2) is 13.2 Å². The van der Waals surface area contributed by atoms with Crippen LogP contribution in [0.15, 0.2) is 54.6 Å². The maximum atomic E-state index is 15.2. The van der Waals surface area contributed by atoms with E-state index in [1.807, 2.05) is 6.07 Å². The average molecular weight is 505 g/mol. The molecule has 0 amide bonds. The van der Waals surface area contributed by atoms with Crippen molar-refractivity contribution in [3.8, 4) is 22.3 Å². The van der Waals surface area contributed by atoms with Crippen molar-refractivity contribution < 1.29 is 13.2 Å². The van der Waals surface area contributed by atoms with Crippen LogP contribution in [0, 0.1) is 42.1 Å². The van der Waals surface area contributed by atoms with Crippen molar-refractivity contribution in [3.63, 3.8) is 0 Å². The topological polar surface area (TPSA) is 0 Å². The van der Waals surface area contributed by atoms with Gasteiger partial charge in [-0.15, -0.1) is 0 Å². The Hall–Kier alpha value is -2.55. The molecule has 3 aromatic carbocycles. The van der Waals surface area contributed by atoms with E-state index in [0.717, 1.165) is 41.7 Å². The first-order chi connectivity index (χ1) is 17.9. The number of rotatable bonds is 6. The van der Waals surface area contributed by atoms with Gasteiger partial charge < -0.3 is 0 Å². The molecule has 3 aromatic rings. The fraction of sp³-hybridized carbons (Fsp3) is 0.471. The zero-order valence-electron chi connectivity index (χ0n) is 22.2. The van der Waals surface area contributed by atoms with Crippen LogP contribution < -0.4 is 0 Å². The van der Waals surface area contributed by atoms with Gasteiger partial charge in [-0.3, -0.25) is 0 Å². The van der Waals surface area contributed by atoms with E-state index in [1.54, 1.807) is 49.4 Å². The van der Waals surface area contributed by atoms with E-state index in [-0.39, 0.29) is 16.9 Å². The van der Waals surface area contributed by atoms with E-state index in [1.165, 1.54) is 51.4 Å². The fourth-order valence-corrected chi connectivity index (χ4v) is 7.00. The normalized spacial score (nSPS) is 24.2. The first-order valence-corrected chi connectivity index (χ1v) is 14.3.